The summed E-state index contributed by atoms with van der Waals surface area (Å²) in [7, 11) is 0. The van der Waals surface area contributed by atoms with Crippen LogP contribution in [-0.4, -0.2) is 22.8 Å². The number of nitrogens with one attached hydrogen (secondary N) is 1. The zero-order chi connectivity index (χ0) is 26.9. The van der Waals surface area contributed by atoms with Crippen LogP contribution in [-0.2, 0) is 16.6 Å². The number of hydrogen-bond donors (Lipinski definition) is 2. The highest BCUT2D eigenvalue weighted by Crippen LogP contribution is 2.48. The second-order valence-corrected chi connectivity index (χ2v) is 11.1. The van der Waals surface area contributed by atoms with Crippen LogP contribution >= 0.6 is 0 Å². The second kappa shape index (κ2) is 10.5. The molecule has 1 heterocycles. The summed E-state index contributed by atoms with van der Waals surface area (Å²) in [4.78, 5) is 11.6. The van der Waals surface area contributed by atoms with E-state index in [9.17, 15) is 9.90 Å². The standard InChI is InChI=1S/C33H36N2O3/c1-21(2)25-7-5-24(6-8-25)19-22(3)20-34-30-23(4)35-38-31(30)28-11-9-26(10-12-28)27-13-15-29(16-14-27)33(17-18-33)32(36)37/h5-16,21-22,34H,17-20H2,1-4H3,(H,36,37). The van der Waals surface area contributed by atoms with Crippen LogP contribution in [0.15, 0.2) is 77.3 Å². The molecule has 1 unspecified atom stereocenters. The van der Waals surface area contributed by atoms with Gasteiger partial charge in [0, 0.05) is 12.1 Å². The minimum absolute atomic E-state index is 0.448. The molecule has 1 aliphatic rings. The highest BCUT2D eigenvalue weighted by atomic mass is 16.5. The van der Waals surface area contributed by atoms with Gasteiger partial charge in [-0.25, -0.2) is 0 Å². The Labute approximate surface area is 224 Å². The molecule has 0 radical (unpaired) electrons. The zero-order valence-electron chi connectivity index (χ0n) is 22.6. The Bertz CT molecular complexity index is 1400. The van der Waals surface area contributed by atoms with Gasteiger partial charge in [0.2, 0.25) is 0 Å². The van der Waals surface area contributed by atoms with E-state index in [0.717, 1.165) is 52.4 Å². The Hall–Kier alpha value is -3.86. The molecule has 0 amide bonds. The van der Waals surface area contributed by atoms with Crippen LogP contribution < -0.4 is 5.32 Å². The molecule has 1 atom stereocenters. The Kier molecular flexibility index (Phi) is 7.11. The molecule has 0 saturated heterocycles. The van der Waals surface area contributed by atoms with E-state index >= 15 is 0 Å². The molecule has 0 aliphatic heterocycles. The van der Waals surface area contributed by atoms with E-state index < -0.39 is 11.4 Å². The van der Waals surface area contributed by atoms with Crippen molar-refractivity contribution in [3.05, 3.63) is 95.2 Å². The predicted molar refractivity (Wildman–Crippen MR) is 153 cm³/mol. The van der Waals surface area contributed by atoms with E-state index in [2.05, 4.69) is 67.6 Å². The monoisotopic (exact) mass is 508 g/mol. The third kappa shape index (κ3) is 5.24. The smallest absolute Gasteiger partial charge is 0.314 e. The number of aliphatic carboxylic acids is 1. The van der Waals surface area contributed by atoms with Gasteiger partial charge in [0.15, 0.2) is 5.76 Å². The van der Waals surface area contributed by atoms with Crippen LogP contribution in [0.3, 0.4) is 0 Å². The first-order valence-electron chi connectivity index (χ1n) is 13.5. The molecule has 0 spiro atoms. The molecule has 1 fully saturated rings. The minimum atomic E-state index is -0.726. The molecule has 2 N–H and O–H groups in total. The summed E-state index contributed by atoms with van der Waals surface area (Å²) < 4.78 is 5.73. The molecule has 5 nitrogen and oxygen atoms in total. The van der Waals surface area contributed by atoms with Crippen LogP contribution in [0, 0.1) is 12.8 Å². The Morgan fingerprint density at radius 1 is 0.921 bits per heavy atom. The van der Waals surface area contributed by atoms with E-state index in [1.54, 1.807) is 0 Å². The molecule has 1 saturated carbocycles. The molecule has 5 rings (SSSR count). The molecular weight excluding hydrogens is 472 g/mol. The number of carboxylic acids is 1. The third-order valence-corrected chi connectivity index (χ3v) is 7.80. The minimum Gasteiger partial charge on any atom is -0.481 e. The number of carbonyl (C=O) groups is 1. The maximum atomic E-state index is 11.6. The lowest BCUT2D eigenvalue weighted by Crippen LogP contribution is -2.19. The van der Waals surface area contributed by atoms with Crippen molar-refractivity contribution in [3.63, 3.8) is 0 Å². The molecule has 0 bridgehead atoms. The van der Waals surface area contributed by atoms with E-state index in [1.165, 1.54) is 11.1 Å². The fourth-order valence-electron chi connectivity index (χ4n) is 5.11. The van der Waals surface area contributed by atoms with Crippen molar-refractivity contribution in [1.82, 2.24) is 5.16 Å². The molecular formula is C33H36N2O3. The van der Waals surface area contributed by atoms with Crippen molar-refractivity contribution in [2.75, 3.05) is 11.9 Å². The number of nitrogens with zero attached hydrogens (tertiary/aromatic N) is 1. The van der Waals surface area contributed by atoms with Crippen molar-refractivity contribution in [3.8, 4) is 22.5 Å². The van der Waals surface area contributed by atoms with E-state index in [-0.39, 0.29) is 0 Å². The van der Waals surface area contributed by atoms with Crippen LogP contribution in [0.1, 0.15) is 61.9 Å². The maximum absolute atomic E-state index is 11.6. The number of benzene rings is 3. The number of hydrogen-bond acceptors (Lipinski definition) is 4. The van der Waals surface area contributed by atoms with Crippen LogP contribution in [0.4, 0.5) is 5.69 Å². The molecule has 5 heteroatoms. The lowest BCUT2D eigenvalue weighted by Gasteiger charge is -2.15. The molecule has 1 aromatic heterocycles. The van der Waals surface area contributed by atoms with Crippen LogP contribution in [0.25, 0.3) is 22.5 Å². The van der Waals surface area contributed by atoms with Gasteiger partial charge in [-0.2, -0.15) is 0 Å². The molecule has 196 valence electrons. The Balaban J connectivity index is 1.24. The summed E-state index contributed by atoms with van der Waals surface area (Å²) in [6, 6.07) is 25.1. The quantitative estimate of drug-likeness (QED) is 0.228. The molecule has 1 aliphatic carbocycles. The summed E-state index contributed by atoms with van der Waals surface area (Å²) in [5.41, 5.74) is 7.82. The third-order valence-electron chi connectivity index (χ3n) is 7.80. The van der Waals surface area contributed by atoms with E-state index in [1.807, 2.05) is 43.3 Å². The van der Waals surface area contributed by atoms with Gasteiger partial charge in [0.1, 0.15) is 11.4 Å². The van der Waals surface area contributed by atoms with Crippen molar-refractivity contribution in [1.29, 1.82) is 0 Å². The summed E-state index contributed by atoms with van der Waals surface area (Å²) in [5.74, 6) is 1.01. The summed E-state index contributed by atoms with van der Waals surface area (Å²) >= 11 is 0. The van der Waals surface area contributed by atoms with Crippen molar-refractivity contribution in [2.24, 2.45) is 5.92 Å². The second-order valence-electron chi connectivity index (χ2n) is 11.1. The first-order chi connectivity index (χ1) is 18.3. The van der Waals surface area contributed by atoms with Gasteiger partial charge < -0.3 is 14.9 Å². The van der Waals surface area contributed by atoms with Crippen molar-refractivity contribution in [2.45, 2.75) is 58.3 Å². The average Bonchev–Trinajstić information content (AvgIpc) is 3.66. The van der Waals surface area contributed by atoms with Crippen molar-refractivity contribution < 1.29 is 14.4 Å². The highest BCUT2D eigenvalue weighted by molar-refractivity contribution is 5.85. The summed E-state index contributed by atoms with van der Waals surface area (Å²) in [6.45, 7) is 9.48. The van der Waals surface area contributed by atoms with Gasteiger partial charge in [0.05, 0.1) is 5.41 Å². The first-order valence-corrected chi connectivity index (χ1v) is 13.5. The SMILES string of the molecule is Cc1noc(-c2ccc(-c3ccc(C4(C(=O)O)CC4)cc3)cc2)c1NCC(C)Cc1ccc(C(C)C)cc1. The van der Waals surface area contributed by atoms with Gasteiger partial charge in [-0.05, 0) is 65.8 Å². The fraction of sp³-hybridized carbons (Fsp3) is 0.333. The first kappa shape index (κ1) is 25.8. The normalized spacial score (nSPS) is 14.9. The predicted octanol–water partition coefficient (Wildman–Crippen LogP) is 7.85. The number of aromatic nitrogens is 1. The zero-order valence-corrected chi connectivity index (χ0v) is 22.6. The fourth-order valence-corrected chi connectivity index (χ4v) is 5.11. The van der Waals surface area contributed by atoms with Crippen LogP contribution in [0.5, 0.6) is 0 Å². The molecule has 38 heavy (non-hydrogen) atoms. The van der Waals surface area contributed by atoms with Gasteiger partial charge in [0.25, 0.3) is 0 Å². The Morgan fingerprint density at radius 3 is 2.05 bits per heavy atom. The number of anilines is 1. The lowest BCUT2D eigenvalue weighted by atomic mass is 9.93. The summed E-state index contributed by atoms with van der Waals surface area (Å²) in [6.07, 6.45) is 2.44. The van der Waals surface area contributed by atoms with Crippen molar-refractivity contribution >= 4 is 11.7 Å². The van der Waals surface area contributed by atoms with E-state index in [0.29, 0.717) is 24.7 Å². The lowest BCUT2D eigenvalue weighted by molar-refractivity contribution is -0.140. The highest BCUT2D eigenvalue weighted by Gasteiger charge is 2.51. The molecule has 3 aromatic carbocycles. The van der Waals surface area contributed by atoms with Gasteiger partial charge >= 0.3 is 5.97 Å². The largest absolute Gasteiger partial charge is 0.481 e. The Morgan fingerprint density at radius 2 is 1.50 bits per heavy atom. The number of aryl methyl sites for hydroxylation is 1. The van der Waals surface area contributed by atoms with Crippen LogP contribution in [0.2, 0.25) is 0 Å². The topological polar surface area (TPSA) is 75.4 Å². The number of carboxylic acid groups (broad SMARTS) is 1. The summed E-state index contributed by atoms with van der Waals surface area (Å²) in [5, 5.41) is 17.4. The maximum Gasteiger partial charge on any atom is 0.314 e. The average molecular weight is 509 g/mol. The number of rotatable bonds is 10. The van der Waals surface area contributed by atoms with Gasteiger partial charge in [-0.3, -0.25) is 4.79 Å². The van der Waals surface area contributed by atoms with Gasteiger partial charge in [-0.15, -0.1) is 0 Å². The van der Waals surface area contributed by atoms with Gasteiger partial charge in [-0.1, -0.05) is 98.7 Å². The molecule has 4 aromatic rings. The van der Waals surface area contributed by atoms with E-state index in [4.69, 9.17) is 4.52 Å².